The van der Waals surface area contributed by atoms with Crippen LogP contribution in [0.25, 0.3) is 11.3 Å². The van der Waals surface area contributed by atoms with Gasteiger partial charge in [0.15, 0.2) is 0 Å². The maximum Gasteiger partial charge on any atom is 0.271 e. The quantitative estimate of drug-likeness (QED) is 0.665. The molecule has 154 valence electrons. The Bertz CT molecular complexity index is 1070. The van der Waals surface area contributed by atoms with Crippen LogP contribution in [0.15, 0.2) is 48.8 Å². The van der Waals surface area contributed by atoms with Gasteiger partial charge in [-0.2, -0.15) is 5.10 Å². The number of benzene rings is 1. The Morgan fingerprint density at radius 3 is 2.90 bits per heavy atom. The zero-order valence-electron chi connectivity index (χ0n) is 16.6. The normalized spacial score (nSPS) is 16.3. The van der Waals surface area contributed by atoms with Crippen LogP contribution < -0.4 is 5.32 Å². The summed E-state index contributed by atoms with van der Waals surface area (Å²) in [6.45, 7) is 2.89. The Labute approximate surface area is 179 Å². The summed E-state index contributed by atoms with van der Waals surface area (Å²) in [7, 11) is 0. The van der Waals surface area contributed by atoms with Gasteiger partial charge in [-0.15, -0.1) is 0 Å². The number of pyridine rings is 1. The van der Waals surface area contributed by atoms with Crippen molar-refractivity contribution in [2.45, 2.75) is 19.8 Å². The highest BCUT2D eigenvalue weighted by Crippen LogP contribution is 2.24. The number of nitrogens with zero attached hydrogens (tertiary/aromatic N) is 3. The molecule has 1 aliphatic rings. The minimum absolute atomic E-state index is 0.104. The van der Waals surface area contributed by atoms with E-state index in [1.165, 1.54) is 0 Å². The summed E-state index contributed by atoms with van der Waals surface area (Å²) in [6, 6.07) is 10.9. The van der Waals surface area contributed by atoms with Gasteiger partial charge in [0.1, 0.15) is 5.69 Å². The fraction of sp³-hybridized carbons (Fsp3) is 0.273. The molecule has 7 nitrogen and oxygen atoms in total. The van der Waals surface area contributed by atoms with E-state index in [1.54, 1.807) is 29.4 Å². The molecule has 2 amide bonds. The predicted molar refractivity (Wildman–Crippen MR) is 115 cm³/mol. The molecule has 3 aromatic rings. The molecule has 0 spiro atoms. The Balaban J connectivity index is 1.42. The number of aromatic nitrogens is 3. The van der Waals surface area contributed by atoms with Crippen molar-refractivity contribution in [2.24, 2.45) is 5.92 Å². The van der Waals surface area contributed by atoms with Crippen molar-refractivity contribution in [1.82, 2.24) is 20.1 Å². The molecule has 2 aromatic heterocycles. The molecule has 1 aliphatic heterocycles. The largest absolute Gasteiger partial charge is 0.337 e. The highest BCUT2D eigenvalue weighted by atomic mass is 35.5. The van der Waals surface area contributed by atoms with Gasteiger partial charge in [-0.25, -0.2) is 0 Å². The van der Waals surface area contributed by atoms with Crippen LogP contribution in [0.5, 0.6) is 0 Å². The van der Waals surface area contributed by atoms with Crippen LogP contribution in [0.1, 0.15) is 28.9 Å². The first-order chi connectivity index (χ1) is 14.5. The number of carbonyl (C=O) groups excluding carboxylic acids is 2. The minimum atomic E-state index is -0.275. The van der Waals surface area contributed by atoms with Crippen LogP contribution in [-0.4, -0.2) is 45.0 Å². The van der Waals surface area contributed by atoms with E-state index in [-0.39, 0.29) is 17.7 Å². The first-order valence-electron chi connectivity index (χ1n) is 9.83. The number of H-pyrrole nitrogens is 1. The second kappa shape index (κ2) is 8.67. The number of halogens is 1. The number of likely N-dealkylation sites (tertiary alicyclic amines) is 1. The number of aryl methyl sites for hydroxylation is 1. The number of anilines is 1. The van der Waals surface area contributed by atoms with E-state index < -0.39 is 0 Å². The third-order valence-corrected chi connectivity index (χ3v) is 5.69. The molecule has 30 heavy (non-hydrogen) atoms. The molecule has 0 unspecified atom stereocenters. The van der Waals surface area contributed by atoms with E-state index in [1.807, 2.05) is 31.2 Å². The molecule has 0 bridgehead atoms. The van der Waals surface area contributed by atoms with E-state index in [0.29, 0.717) is 35.2 Å². The first kappa shape index (κ1) is 20.1. The van der Waals surface area contributed by atoms with Gasteiger partial charge >= 0.3 is 0 Å². The molecule has 2 N–H and O–H groups in total. The molecule has 0 aliphatic carbocycles. The van der Waals surface area contributed by atoms with Crippen molar-refractivity contribution in [3.05, 3.63) is 65.1 Å². The molecule has 3 heterocycles. The number of piperidine rings is 1. The van der Waals surface area contributed by atoms with Crippen molar-refractivity contribution in [3.8, 4) is 11.3 Å². The molecule has 0 saturated carbocycles. The summed E-state index contributed by atoms with van der Waals surface area (Å²) in [6.07, 6.45) is 4.88. The maximum atomic E-state index is 12.9. The monoisotopic (exact) mass is 423 g/mol. The average molecular weight is 424 g/mol. The summed E-state index contributed by atoms with van der Waals surface area (Å²) in [5, 5.41) is 10.6. The van der Waals surface area contributed by atoms with Crippen molar-refractivity contribution in [2.75, 3.05) is 18.4 Å². The Morgan fingerprint density at radius 2 is 2.13 bits per heavy atom. The second-order valence-corrected chi connectivity index (χ2v) is 7.86. The number of nitrogens with one attached hydrogen (secondary N) is 2. The maximum absolute atomic E-state index is 12.9. The Hall–Kier alpha value is -3.19. The standard InChI is InChI=1S/C22H22ClN5O2/c1-14-6-7-17(10-18(14)23)25-21(29)16-5-3-9-28(13-16)22(30)20-11-19(26-27-20)15-4-2-8-24-12-15/h2,4,6-8,10-12,16H,3,5,9,13H2,1H3,(H,25,29)(H,26,27)/t16-/m0/s1. The van der Waals surface area contributed by atoms with Crippen LogP contribution in [-0.2, 0) is 4.79 Å². The van der Waals surface area contributed by atoms with Gasteiger partial charge in [0.2, 0.25) is 5.91 Å². The first-order valence-corrected chi connectivity index (χ1v) is 10.2. The molecule has 4 rings (SSSR count). The second-order valence-electron chi connectivity index (χ2n) is 7.45. The molecular weight excluding hydrogens is 402 g/mol. The summed E-state index contributed by atoms with van der Waals surface area (Å²) in [5.41, 5.74) is 3.51. The lowest BCUT2D eigenvalue weighted by atomic mass is 9.96. The lowest BCUT2D eigenvalue weighted by molar-refractivity contribution is -0.121. The fourth-order valence-electron chi connectivity index (χ4n) is 3.55. The highest BCUT2D eigenvalue weighted by Gasteiger charge is 2.30. The molecule has 1 saturated heterocycles. The number of carbonyl (C=O) groups is 2. The molecule has 8 heteroatoms. The summed E-state index contributed by atoms with van der Waals surface area (Å²) in [5.74, 6) is -0.537. The van der Waals surface area contributed by atoms with Gasteiger partial charge in [0, 0.05) is 41.8 Å². The fourth-order valence-corrected chi connectivity index (χ4v) is 3.73. The SMILES string of the molecule is Cc1ccc(NC(=O)[C@H]2CCCN(C(=O)c3cc(-c4cccnc4)n[nH]3)C2)cc1Cl. The minimum Gasteiger partial charge on any atom is -0.337 e. The van der Waals surface area contributed by atoms with Crippen molar-refractivity contribution in [1.29, 1.82) is 0 Å². The summed E-state index contributed by atoms with van der Waals surface area (Å²) in [4.78, 5) is 31.5. The van der Waals surface area contributed by atoms with E-state index in [4.69, 9.17) is 11.6 Å². The number of rotatable bonds is 4. The van der Waals surface area contributed by atoms with Crippen molar-refractivity contribution in [3.63, 3.8) is 0 Å². The van der Waals surface area contributed by atoms with Crippen molar-refractivity contribution >= 4 is 29.1 Å². The lowest BCUT2D eigenvalue weighted by Crippen LogP contribution is -2.43. The number of hydrogen-bond donors (Lipinski definition) is 2. The summed E-state index contributed by atoms with van der Waals surface area (Å²) < 4.78 is 0. The molecule has 1 atom stereocenters. The average Bonchev–Trinajstić information content (AvgIpc) is 3.27. The van der Waals surface area contributed by atoms with Gasteiger partial charge in [-0.1, -0.05) is 17.7 Å². The molecule has 1 fully saturated rings. The van der Waals surface area contributed by atoms with E-state index in [2.05, 4.69) is 20.5 Å². The van der Waals surface area contributed by atoms with E-state index in [0.717, 1.165) is 24.0 Å². The van der Waals surface area contributed by atoms with Crippen molar-refractivity contribution < 1.29 is 9.59 Å². The van der Waals surface area contributed by atoms with Crippen LogP contribution in [0.4, 0.5) is 5.69 Å². The third-order valence-electron chi connectivity index (χ3n) is 5.28. The topological polar surface area (TPSA) is 91.0 Å². The number of aromatic amines is 1. The Kier molecular flexibility index (Phi) is 5.81. The van der Waals surface area contributed by atoms with E-state index >= 15 is 0 Å². The Morgan fingerprint density at radius 1 is 1.27 bits per heavy atom. The highest BCUT2D eigenvalue weighted by molar-refractivity contribution is 6.31. The number of amides is 2. The van der Waals surface area contributed by atoms with Crippen LogP contribution in [0, 0.1) is 12.8 Å². The third kappa shape index (κ3) is 4.36. The van der Waals surface area contributed by atoms with Gasteiger partial charge in [-0.05, 0) is 55.7 Å². The van der Waals surface area contributed by atoms with Crippen LogP contribution in [0.3, 0.4) is 0 Å². The van der Waals surface area contributed by atoms with Crippen LogP contribution >= 0.6 is 11.6 Å². The number of hydrogen-bond acceptors (Lipinski definition) is 4. The molecular formula is C22H22ClN5O2. The lowest BCUT2D eigenvalue weighted by Gasteiger charge is -2.31. The molecule has 1 aromatic carbocycles. The van der Waals surface area contributed by atoms with Crippen LogP contribution in [0.2, 0.25) is 5.02 Å². The van der Waals surface area contributed by atoms with Gasteiger partial charge in [0.25, 0.3) is 5.91 Å². The van der Waals surface area contributed by atoms with Gasteiger partial charge in [0.05, 0.1) is 11.6 Å². The zero-order valence-corrected chi connectivity index (χ0v) is 17.3. The zero-order chi connectivity index (χ0) is 21.1. The summed E-state index contributed by atoms with van der Waals surface area (Å²) >= 11 is 6.14. The smallest absolute Gasteiger partial charge is 0.271 e. The molecule has 0 radical (unpaired) electrons. The van der Waals surface area contributed by atoms with Gasteiger partial charge < -0.3 is 10.2 Å². The van der Waals surface area contributed by atoms with Gasteiger partial charge in [-0.3, -0.25) is 19.7 Å². The predicted octanol–water partition coefficient (Wildman–Crippen LogP) is 3.92. The van der Waals surface area contributed by atoms with E-state index in [9.17, 15) is 9.59 Å².